The fraction of sp³-hybridized carbons (Fsp3) is 0.321. The summed E-state index contributed by atoms with van der Waals surface area (Å²) in [7, 11) is 0. The van der Waals surface area contributed by atoms with Crippen molar-refractivity contribution in [3.05, 3.63) is 70.8 Å². The lowest BCUT2D eigenvalue weighted by molar-refractivity contribution is -0.122. The number of carbonyl (C=O) groups excluding carboxylic acids is 1. The molecule has 5 nitrogen and oxygen atoms in total. The lowest BCUT2D eigenvalue weighted by Gasteiger charge is -2.13. The minimum atomic E-state index is -0.0154. The maximum Gasteiger partial charge on any atom is 0.266 e. The molecule has 7 heteroatoms. The molecule has 2 aromatic carbocycles. The molecule has 0 spiro atoms. The van der Waals surface area contributed by atoms with E-state index < -0.39 is 0 Å². The van der Waals surface area contributed by atoms with Gasteiger partial charge in [-0.3, -0.25) is 9.69 Å². The van der Waals surface area contributed by atoms with Gasteiger partial charge in [-0.2, -0.15) is 5.10 Å². The van der Waals surface area contributed by atoms with Crippen LogP contribution in [0.3, 0.4) is 0 Å². The van der Waals surface area contributed by atoms with Crippen LogP contribution in [-0.2, 0) is 4.79 Å². The molecule has 1 amide bonds. The molecule has 1 aromatic heterocycles. The van der Waals surface area contributed by atoms with E-state index in [1.165, 1.54) is 18.2 Å². The van der Waals surface area contributed by atoms with E-state index in [4.69, 9.17) is 22.1 Å². The molecule has 0 unspecified atom stereocenters. The molecular weight excluding hydrogens is 474 g/mol. The van der Waals surface area contributed by atoms with Crippen LogP contribution < -0.4 is 4.74 Å². The van der Waals surface area contributed by atoms with Crippen molar-refractivity contribution in [1.82, 2.24) is 14.7 Å². The van der Waals surface area contributed by atoms with Gasteiger partial charge in [-0.25, -0.2) is 4.68 Å². The predicted octanol–water partition coefficient (Wildman–Crippen LogP) is 7.03. The van der Waals surface area contributed by atoms with Gasteiger partial charge in [0, 0.05) is 23.9 Å². The third-order valence-electron chi connectivity index (χ3n) is 5.92. The first-order chi connectivity index (χ1) is 17.0. The van der Waals surface area contributed by atoms with Crippen LogP contribution in [0.2, 0.25) is 0 Å². The maximum absolute atomic E-state index is 13.2. The van der Waals surface area contributed by atoms with Gasteiger partial charge in [0.1, 0.15) is 15.8 Å². The highest BCUT2D eigenvalue weighted by Gasteiger charge is 2.32. The van der Waals surface area contributed by atoms with Gasteiger partial charge in [-0.15, -0.1) is 0 Å². The molecule has 1 aliphatic rings. The largest absolute Gasteiger partial charge is 0.494 e. The summed E-state index contributed by atoms with van der Waals surface area (Å²) in [5, 5.41) is 4.93. The quantitative estimate of drug-likeness (QED) is 0.168. The molecule has 0 atom stereocenters. The van der Waals surface area contributed by atoms with Crippen molar-refractivity contribution in [1.29, 1.82) is 0 Å². The van der Waals surface area contributed by atoms with Gasteiger partial charge < -0.3 is 4.74 Å². The molecule has 182 valence electrons. The zero-order chi connectivity index (χ0) is 24.8. The number of thioether (sulfide) groups is 1. The van der Waals surface area contributed by atoms with Crippen molar-refractivity contribution in [2.75, 3.05) is 13.2 Å². The number of hydrogen-bond acceptors (Lipinski definition) is 5. The summed E-state index contributed by atoms with van der Waals surface area (Å²) in [6.45, 7) is 7.51. The van der Waals surface area contributed by atoms with E-state index in [9.17, 15) is 4.79 Å². The monoisotopic (exact) mass is 505 g/mol. The second-order valence-corrected chi connectivity index (χ2v) is 10.2. The number of carbonyl (C=O) groups is 1. The van der Waals surface area contributed by atoms with Crippen LogP contribution >= 0.6 is 24.0 Å². The molecule has 0 N–H and O–H groups in total. The number of thiocarbonyl (C=S) groups is 1. The molecule has 35 heavy (non-hydrogen) atoms. The normalized spacial score (nSPS) is 14.8. The summed E-state index contributed by atoms with van der Waals surface area (Å²) in [5.41, 5.74) is 4.73. The Labute approximate surface area is 217 Å². The average Bonchev–Trinajstić information content (AvgIpc) is 3.38. The zero-order valence-corrected chi connectivity index (χ0v) is 22.1. The second-order valence-electron chi connectivity index (χ2n) is 8.52. The van der Waals surface area contributed by atoms with E-state index in [1.807, 2.05) is 72.4 Å². The van der Waals surface area contributed by atoms with Crippen molar-refractivity contribution < 1.29 is 9.53 Å². The highest BCUT2D eigenvalue weighted by molar-refractivity contribution is 8.26. The van der Waals surface area contributed by atoms with E-state index in [0.717, 1.165) is 53.1 Å². The topological polar surface area (TPSA) is 47.4 Å². The lowest BCUT2D eigenvalue weighted by atomic mass is 10.0. The summed E-state index contributed by atoms with van der Waals surface area (Å²) in [4.78, 5) is 15.6. The van der Waals surface area contributed by atoms with E-state index in [-0.39, 0.29) is 5.91 Å². The van der Waals surface area contributed by atoms with E-state index in [2.05, 4.69) is 13.8 Å². The highest BCUT2D eigenvalue weighted by Crippen LogP contribution is 2.36. The highest BCUT2D eigenvalue weighted by atomic mass is 32.2. The van der Waals surface area contributed by atoms with Crippen LogP contribution in [0.25, 0.3) is 23.0 Å². The minimum Gasteiger partial charge on any atom is -0.494 e. The van der Waals surface area contributed by atoms with E-state index >= 15 is 0 Å². The Morgan fingerprint density at radius 1 is 1.09 bits per heavy atom. The number of unbranched alkanes of at least 4 members (excludes halogenated alkanes) is 3. The fourth-order valence-electron chi connectivity index (χ4n) is 4.10. The molecule has 0 aliphatic carbocycles. The summed E-state index contributed by atoms with van der Waals surface area (Å²) >= 11 is 6.92. The first-order valence-corrected chi connectivity index (χ1v) is 13.4. The average molecular weight is 506 g/mol. The first kappa shape index (κ1) is 25.2. The molecule has 0 saturated carbocycles. The number of benzene rings is 2. The SMILES string of the molecule is CCCCCCN1C(=O)C(=Cc2cn(-c3ccccc3)nc2-c2ccc(OCC)cc2C)SC1=S. The third-order valence-corrected chi connectivity index (χ3v) is 7.30. The minimum absolute atomic E-state index is 0.0154. The molecule has 4 rings (SSSR count). The van der Waals surface area contributed by atoms with Gasteiger partial charge in [-0.05, 0) is 62.2 Å². The Morgan fingerprint density at radius 3 is 2.60 bits per heavy atom. The van der Waals surface area contributed by atoms with Gasteiger partial charge in [0.15, 0.2) is 0 Å². The molecule has 0 bridgehead atoms. The number of aromatic nitrogens is 2. The zero-order valence-electron chi connectivity index (χ0n) is 20.5. The smallest absolute Gasteiger partial charge is 0.266 e. The molecular formula is C28H31N3O2S2. The van der Waals surface area contributed by atoms with Crippen molar-refractivity contribution in [2.24, 2.45) is 0 Å². The van der Waals surface area contributed by atoms with Crippen LogP contribution in [0, 0.1) is 6.92 Å². The molecule has 1 fully saturated rings. The lowest BCUT2D eigenvalue weighted by Crippen LogP contribution is -2.29. The van der Waals surface area contributed by atoms with Gasteiger partial charge in [0.05, 0.1) is 17.2 Å². The van der Waals surface area contributed by atoms with Crippen LogP contribution in [-0.4, -0.2) is 38.1 Å². The number of para-hydroxylation sites is 1. The van der Waals surface area contributed by atoms with Gasteiger partial charge in [-0.1, -0.05) is 68.4 Å². The molecule has 1 saturated heterocycles. The van der Waals surface area contributed by atoms with Crippen molar-refractivity contribution in [2.45, 2.75) is 46.5 Å². The number of amides is 1. The first-order valence-electron chi connectivity index (χ1n) is 12.2. The number of aryl methyl sites for hydroxylation is 1. The number of hydrogen-bond donors (Lipinski definition) is 0. The summed E-state index contributed by atoms with van der Waals surface area (Å²) in [6, 6.07) is 16.0. The Balaban J connectivity index is 1.70. The number of rotatable bonds is 10. The van der Waals surface area contributed by atoms with Gasteiger partial charge in [0.2, 0.25) is 0 Å². The summed E-state index contributed by atoms with van der Waals surface area (Å²) < 4.78 is 8.16. The Kier molecular flexibility index (Phi) is 8.42. The van der Waals surface area contributed by atoms with Crippen molar-refractivity contribution in [3.8, 4) is 22.7 Å². The van der Waals surface area contributed by atoms with Crippen LogP contribution in [0.15, 0.2) is 59.6 Å². The Morgan fingerprint density at radius 2 is 1.89 bits per heavy atom. The van der Waals surface area contributed by atoms with Gasteiger partial charge >= 0.3 is 0 Å². The number of ether oxygens (including phenoxy) is 1. The van der Waals surface area contributed by atoms with Crippen LogP contribution in [0.5, 0.6) is 5.75 Å². The van der Waals surface area contributed by atoms with Crippen molar-refractivity contribution >= 4 is 40.3 Å². The van der Waals surface area contributed by atoms with Crippen LogP contribution in [0.4, 0.5) is 0 Å². The maximum atomic E-state index is 13.2. The molecule has 3 aromatic rings. The molecule has 2 heterocycles. The van der Waals surface area contributed by atoms with E-state index in [1.54, 1.807) is 4.90 Å². The van der Waals surface area contributed by atoms with Crippen molar-refractivity contribution in [3.63, 3.8) is 0 Å². The second kappa shape index (κ2) is 11.7. The standard InChI is InChI=1S/C28H31N3O2S2/c1-4-6-7-11-16-30-27(32)25(35-28(30)34)18-21-19-31(22-12-9-8-10-13-22)29-26(21)24-15-14-23(33-5-2)17-20(24)3/h8-10,12-15,17-19H,4-7,11,16H2,1-3H3. The van der Waals surface area contributed by atoms with Gasteiger partial charge in [0.25, 0.3) is 5.91 Å². The third kappa shape index (κ3) is 5.85. The Hall–Kier alpha value is -2.90. The van der Waals surface area contributed by atoms with E-state index in [0.29, 0.717) is 22.4 Å². The summed E-state index contributed by atoms with van der Waals surface area (Å²) in [5.74, 6) is 0.820. The molecule has 0 radical (unpaired) electrons. The predicted molar refractivity (Wildman–Crippen MR) is 149 cm³/mol. The number of nitrogens with zero attached hydrogens (tertiary/aromatic N) is 3. The fourth-order valence-corrected chi connectivity index (χ4v) is 5.40. The summed E-state index contributed by atoms with van der Waals surface area (Å²) in [6.07, 6.45) is 8.33. The Bertz CT molecular complexity index is 1230. The molecule has 1 aliphatic heterocycles. The van der Waals surface area contributed by atoms with Crippen LogP contribution in [0.1, 0.15) is 50.7 Å².